The molecule has 1 amide bonds. The summed E-state index contributed by atoms with van der Waals surface area (Å²) in [5.41, 5.74) is 1.31. The molecule has 2 aromatic heterocycles. The summed E-state index contributed by atoms with van der Waals surface area (Å²) in [4.78, 5) is 21.9. The van der Waals surface area contributed by atoms with Crippen molar-refractivity contribution in [2.75, 3.05) is 0 Å². The largest absolute Gasteiger partial charge is 0.320 e. The molecule has 10 nitrogen and oxygen atoms in total. The van der Waals surface area contributed by atoms with Gasteiger partial charge in [0.25, 0.3) is 5.91 Å². The number of halogens is 1. The van der Waals surface area contributed by atoms with Gasteiger partial charge in [-0.2, -0.15) is 19.7 Å². The van der Waals surface area contributed by atoms with E-state index in [1.807, 2.05) is 0 Å². The molecule has 1 N–H and O–H groups in total. The second-order valence-corrected chi connectivity index (χ2v) is 4.20. The second-order valence-electron chi connectivity index (χ2n) is 4.20. The highest BCUT2D eigenvalue weighted by atomic mass is 19.1. The lowest BCUT2D eigenvalue weighted by Crippen LogP contribution is -2.19. The fourth-order valence-electron chi connectivity index (χ4n) is 1.68. The highest BCUT2D eigenvalue weighted by molar-refractivity contribution is 5.96. The van der Waals surface area contributed by atoms with Crippen molar-refractivity contribution in [2.24, 2.45) is 12.1 Å². The van der Waals surface area contributed by atoms with Crippen LogP contribution in [-0.2, 0) is 13.6 Å². The first-order valence-corrected chi connectivity index (χ1v) is 6.16. The molecule has 0 saturated heterocycles. The number of nitro groups is 1. The quantitative estimate of drug-likeness (QED) is 0.488. The van der Waals surface area contributed by atoms with E-state index in [0.717, 1.165) is 21.8 Å². The lowest BCUT2D eigenvalue weighted by Gasteiger charge is -1.96. The van der Waals surface area contributed by atoms with Gasteiger partial charge in [-0.3, -0.25) is 19.6 Å². The van der Waals surface area contributed by atoms with Crippen molar-refractivity contribution in [3.63, 3.8) is 0 Å². The molecule has 2 rings (SSSR count). The van der Waals surface area contributed by atoms with E-state index in [1.54, 1.807) is 6.92 Å². The molecule has 0 aliphatic heterocycles. The number of hydrazone groups is 1. The minimum Gasteiger partial charge on any atom is -0.268 e. The van der Waals surface area contributed by atoms with Crippen molar-refractivity contribution < 1.29 is 14.1 Å². The number of amides is 1. The summed E-state index contributed by atoms with van der Waals surface area (Å²) < 4.78 is 15.9. The average molecular weight is 309 g/mol. The molecule has 22 heavy (non-hydrogen) atoms. The highest BCUT2D eigenvalue weighted by Gasteiger charge is 2.24. The van der Waals surface area contributed by atoms with E-state index in [1.165, 1.54) is 13.2 Å². The summed E-state index contributed by atoms with van der Waals surface area (Å²) in [5.74, 6) is -1.46. The average Bonchev–Trinajstić information content (AvgIpc) is 3.03. The van der Waals surface area contributed by atoms with Gasteiger partial charge in [-0.25, -0.2) is 10.1 Å². The molecule has 0 aliphatic rings. The summed E-state index contributed by atoms with van der Waals surface area (Å²) in [5, 5.41) is 21.8. The molecule has 116 valence electrons. The van der Waals surface area contributed by atoms with Crippen LogP contribution < -0.4 is 5.43 Å². The Morgan fingerprint density at radius 2 is 2.36 bits per heavy atom. The van der Waals surface area contributed by atoms with Crippen LogP contribution in [0.4, 0.5) is 10.1 Å². The zero-order valence-electron chi connectivity index (χ0n) is 11.7. The third-order valence-electron chi connectivity index (χ3n) is 2.69. The molecule has 0 bridgehead atoms. The van der Waals surface area contributed by atoms with Crippen LogP contribution in [0.1, 0.15) is 23.0 Å². The number of aromatic nitrogens is 4. The van der Waals surface area contributed by atoms with Gasteiger partial charge in [0, 0.05) is 13.6 Å². The lowest BCUT2D eigenvalue weighted by molar-refractivity contribution is -0.385. The minimum atomic E-state index is -0.869. The number of carbonyl (C=O) groups excluding carboxylic acids is 1. The molecule has 0 spiro atoms. The monoisotopic (exact) mass is 309 g/mol. The number of aryl methyl sites for hydroxylation is 2. The number of rotatable bonds is 5. The van der Waals surface area contributed by atoms with Crippen LogP contribution >= 0.6 is 0 Å². The number of nitrogens with zero attached hydrogens (tertiary/aromatic N) is 6. The molecule has 0 fully saturated rings. The lowest BCUT2D eigenvalue weighted by atomic mass is 10.3. The van der Waals surface area contributed by atoms with Crippen molar-refractivity contribution in [2.45, 2.75) is 13.5 Å². The first kappa shape index (κ1) is 15.3. The van der Waals surface area contributed by atoms with E-state index in [9.17, 15) is 19.3 Å². The van der Waals surface area contributed by atoms with E-state index in [2.05, 4.69) is 20.7 Å². The standard InChI is InChI=1S/C11H12FN7O3/c1-3-18-10(12)7(5-14-18)4-13-15-11(20)9-8(19(21)22)6-17(2)16-9/h4-6H,3H2,1-2H3,(H,15,20)/b13-4-. The van der Waals surface area contributed by atoms with E-state index >= 15 is 0 Å². The number of nitrogens with one attached hydrogen (secondary N) is 1. The molecule has 0 radical (unpaired) electrons. The first-order chi connectivity index (χ1) is 10.4. The summed E-state index contributed by atoms with van der Waals surface area (Å²) in [7, 11) is 1.45. The molecule has 0 unspecified atom stereocenters. The molecule has 0 saturated carbocycles. The van der Waals surface area contributed by atoms with Gasteiger partial charge in [0.15, 0.2) is 0 Å². The summed E-state index contributed by atoms with van der Waals surface area (Å²) in [6, 6.07) is 0. The zero-order chi connectivity index (χ0) is 16.3. The van der Waals surface area contributed by atoms with Crippen molar-refractivity contribution in [1.82, 2.24) is 25.0 Å². The molecule has 11 heteroatoms. The topological polar surface area (TPSA) is 120 Å². The Kier molecular flexibility index (Phi) is 4.25. The number of hydrogen-bond acceptors (Lipinski definition) is 6. The maximum absolute atomic E-state index is 13.6. The summed E-state index contributed by atoms with van der Waals surface area (Å²) in [6.07, 6.45) is 3.41. The van der Waals surface area contributed by atoms with Crippen LogP contribution in [0, 0.1) is 16.1 Å². The van der Waals surface area contributed by atoms with Crippen LogP contribution in [0.15, 0.2) is 17.5 Å². The fraction of sp³-hybridized carbons (Fsp3) is 0.273. The van der Waals surface area contributed by atoms with Gasteiger partial charge in [0.2, 0.25) is 11.6 Å². The zero-order valence-corrected chi connectivity index (χ0v) is 11.7. The molecule has 2 aromatic rings. The van der Waals surface area contributed by atoms with Crippen molar-refractivity contribution in [1.29, 1.82) is 0 Å². The van der Waals surface area contributed by atoms with Gasteiger partial charge in [-0.1, -0.05) is 0 Å². The van der Waals surface area contributed by atoms with Gasteiger partial charge in [0.05, 0.1) is 22.9 Å². The Morgan fingerprint density at radius 3 is 2.95 bits per heavy atom. The SMILES string of the molecule is CCn1ncc(/C=N\NC(=O)c2nn(C)cc2[N+](=O)[O-])c1F. The van der Waals surface area contributed by atoms with Crippen LogP contribution in [0.2, 0.25) is 0 Å². The second kappa shape index (κ2) is 6.11. The van der Waals surface area contributed by atoms with Crippen LogP contribution in [-0.4, -0.2) is 36.6 Å². The van der Waals surface area contributed by atoms with Gasteiger partial charge in [-0.05, 0) is 6.92 Å². The molecule has 0 aromatic carbocycles. The Morgan fingerprint density at radius 1 is 1.64 bits per heavy atom. The van der Waals surface area contributed by atoms with Crippen molar-refractivity contribution in [3.8, 4) is 0 Å². The van der Waals surface area contributed by atoms with Crippen LogP contribution in [0.5, 0.6) is 0 Å². The maximum Gasteiger partial charge on any atom is 0.320 e. The van der Waals surface area contributed by atoms with E-state index in [0.29, 0.717) is 6.54 Å². The van der Waals surface area contributed by atoms with Crippen LogP contribution in [0.3, 0.4) is 0 Å². The van der Waals surface area contributed by atoms with Gasteiger partial charge in [0.1, 0.15) is 6.20 Å². The minimum absolute atomic E-state index is 0.0812. The predicted octanol–water partition coefficient (Wildman–Crippen LogP) is 0.448. The van der Waals surface area contributed by atoms with Gasteiger partial charge < -0.3 is 0 Å². The smallest absolute Gasteiger partial charge is 0.268 e. The van der Waals surface area contributed by atoms with Crippen molar-refractivity contribution >= 4 is 17.8 Å². The van der Waals surface area contributed by atoms with Crippen LogP contribution in [0.25, 0.3) is 0 Å². The van der Waals surface area contributed by atoms with Gasteiger partial charge in [-0.15, -0.1) is 0 Å². The predicted molar refractivity (Wildman–Crippen MR) is 72.8 cm³/mol. The van der Waals surface area contributed by atoms with Crippen molar-refractivity contribution in [3.05, 3.63) is 39.7 Å². The first-order valence-electron chi connectivity index (χ1n) is 6.16. The molecular weight excluding hydrogens is 297 g/mol. The Balaban J connectivity index is 2.11. The Hall–Kier alpha value is -3.11. The third kappa shape index (κ3) is 2.97. The Bertz CT molecular complexity index is 749. The van der Waals surface area contributed by atoms with Gasteiger partial charge >= 0.3 is 5.69 Å². The summed E-state index contributed by atoms with van der Waals surface area (Å²) in [6.45, 7) is 2.07. The fourth-order valence-corrected chi connectivity index (χ4v) is 1.68. The Labute approximate surface area is 123 Å². The summed E-state index contributed by atoms with van der Waals surface area (Å²) >= 11 is 0. The number of carbonyl (C=O) groups is 1. The third-order valence-corrected chi connectivity index (χ3v) is 2.69. The van der Waals surface area contributed by atoms with E-state index < -0.39 is 22.5 Å². The molecule has 0 atom stereocenters. The molecular formula is C11H12FN7O3. The number of hydrogen-bond donors (Lipinski definition) is 1. The molecule has 2 heterocycles. The highest BCUT2D eigenvalue weighted by Crippen LogP contribution is 2.15. The van der Waals surface area contributed by atoms with E-state index in [4.69, 9.17) is 0 Å². The van der Waals surface area contributed by atoms with E-state index in [-0.39, 0.29) is 11.3 Å². The normalized spacial score (nSPS) is 11.0. The maximum atomic E-state index is 13.6. The molecule has 0 aliphatic carbocycles.